The summed E-state index contributed by atoms with van der Waals surface area (Å²) in [6.07, 6.45) is -2.15. The van der Waals surface area contributed by atoms with Crippen LogP contribution in [0.25, 0.3) is 0 Å². The van der Waals surface area contributed by atoms with E-state index >= 15 is 0 Å². The van der Waals surface area contributed by atoms with Crippen LogP contribution in [-0.4, -0.2) is 30.4 Å². The number of primary sulfonamides is 1. The molecule has 8 nitrogen and oxygen atoms in total. The molecule has 1 aliphatic carbocycles. The topological polar surface area (TPSA) is 144 Å². The SMILES string of the molecule is NC(=C1CCCCC1=NCc1cc(C(O)NCc2ccc(S(N)(=O)=O)cc2)ccn1)C(F)(F)F. The van der Waals surface area contributed by atoms with Gasteiger partial charge in [0.15, 0.2) is 0 Å². The maximum Gasteiger partial charge on any atom is 0.431 e. The number of nitrogens with one attached hydrogen (secondary N) is 1. The molecule has 34 heavy (non-hydrogen) atoms. The van der Waals surface area contributed by atoms with Crippen LogP contribution in [0.5, 0.6) is 0 Å². The third-order valence-corrected chi connectivity index (χ3v) is 6.34. The van der Waals surface area contributed by atoms with Crippen molar-refractivity contribution in [3.63, 3.8) is 0 Å². The van der Waals surface area contributed by atoms with Gasteiger partial charge in [0.2, 0.25) is 10.0 Å². The molecule has 1 fully saturated rings. The first-order valence-corrected chi connectivity index (χ1v) is 12.1. The van der Waals surface area contributed by atoms with Crippen LogP contribution in [-0.2, 0) is 23.1 Å². The standard InChI is InChI=1S/C22H26F3N5O3S/c23-22(24,25)20(26)18-3-1-2-4-19(18)29-13-16-11-15(9-10-28-16)21(31)30-12-14-5-7-17(8-6-14)34(27,32)33/h5-11,21,30-31H,1-4,12-13,26H2,(H2,27,32,33). The van der Waals surface area contributed by atoms with E-state index in [0.29, 0.717) is 29.8 Å². The predicted molar refractivity (Wildman–Crippen MR) is 121 cm³/mol. The minimum Gasteiger partial charge on any atom is -0.394 e. The molecule has 3 rings (SSSR count). The Morgan fingerprint density at radius 3 is 2.50 bits per heavy atom. The molecule has 0 radical (unpaired) electrons. The summed E-state index contributed by atoms with van der Waals surface area (Å²) < 4.78 is 61.8. The number of aliphatic imine (C=N–C) groups is 1. The number of pyridine rings is 1. The molecule has 12 heteroatoms. The van der Waals surface area contributed by atoms with Crippen LogP contribution in [0.4, 0.5) is 13.2 Å². The Balaban J connectivity index is 1.67. The molecule has 1 aromatic carbocycles. The Hall–Kier alpha value is -2.80. The molecular formula is C22H26F3N5O3S. The summed E-state index contributed by atoms with van der Waals surface area (Å²) in [6, 6.07) is 9.13. The number of hydrogen-bond acceptors (Lipinski definition) is 7. The number of nitrogens with zero attached hydrogens (tertiary/aromatic N) is 2. The summed E-state index contributed by atoms with van der Waals surface area (Å²) in [5, 5.41) is 18.5. The second-order valence-corrected chi connectivity index (χ2v) is 9.47. The Labute approximate surface area is 195 Å². The van der Waals surface area contributed by atoms with Crippen molar-refractivity contribution in [3.05, 3.63) is 70.7 Å². The number of aromatic nitrogens is 1. The van der Waals surface area contributed by atoms with E-state index in [9.17, 15) is 26.7 Å². The molecule has 6 N–H and O–H groups in total. The highest BCUT2D eigenvalue weighted by molar-refractivity contribution is 7.89. The number of benzene rings is 1. The number of alkyl halides is 3. The first-order valence-electron chi connectivity index (χ1n) is 10.5. The molecule has 0 saturated heterocycles. The number of aliphatic hydroxyl groups excluding tert-OH is 1. The number of rotatable bonds is 7. The molecule has 0 aliphatic heterocycles. The van der Waals surface area contributed by atoms with Crippen molar-refractivity contribution in [1.82, 2.24) is 10.3 Å². The summed E-state index contributed by atoms with van der Waals surface area (Å²) in [7, 11) is -3.78. The van der Waals surface area contributed by atoms with Crippen molar-refractivity contribution < 1.29 is 26.7 Å². The average Bonchev–Trinajstić information content (AvgIpc) is 2.80. The van der Waals surface area contributed by atoms with Crippen molar-refractivity contribution >= 4 is 15.7 Å². The van der Waals surface area contributed by atoms with Gasteiger partial charge in [0.1, 0.15) is 11.9 Å². The monoisotopic (exact) mass is 497 g/mol. The van der Waals surface area contributed by atoms with Gasteiger partial charge < -0.3 is 10.8 Å². The number of hydrogen-bond donors (Lipinski definition) is 4. The maximum atomic E-state index is 13.1. The summed E-state index contributed by atoms with van der Waals surface area (Å²) >= 11 is 0. The van der Waals surface area contributed by atoms with Gasteiger partial charge in [-0.05, 0) is 61.1 Å². The highest BCUT2D eigenvalue weighted by Gasteiger charge is 2.35. The number of allylic oxidation sites excluding steroid dienone is 2. The van der Waals surface area contributed by atoms with Crippen LogP contribution in [0.2, 0.25) is 0 Å². The average molecular weight is 498 g/mol. The third kappa shape index (κ3) is 6.86. The smallest absolute Gasteiger partial charge is 0.394 e. The van der Waals surface area contributed by atoms with Gasteiger partial charge in [-0.3, -0.25) is 15.3 Å². The van der Waals surface area contributed by atoms with E-state index in [1.807, 2.05) is 0 Å². The molecule has 1 heterocycles. The second-order valence-electron chi connectivity index (χ2n) is 7.91. The van der Waals surface area contributed by atoms with E-state index in [2.05, 4.69) is 15.3 Å². The van der Waals surface area contributed by atoms with Crippen LogP contribution >= 0.6 is 0 Å². The second kappa shape index (κ2) is 10.6. The van der Waals surface area contributed by atoms with E-state index in [-0.39, 0.29) is 30.0 Å². The summed E-state index contributed by atoms with van der Waals surface area (Å²) in [5.41, 5.74) is 6.35. The fraction of sp³-hybridized carbons (Fsp3) is 0.364. The largest absolute Gasteiger partial charge is 0.431 e. The van der Waals surface area contributed by atoms with Gasteiger partial charge in [0, 0.05) is 24.0 Å². The lowest BCUT2D eigenvalue weighted by Crippen LogP contribution is -2.26. The molecule has 0 spiro atoms. The molecule has 0 bridgehead atoms. The molecule has 1 saturated carbocycles. The summed E-state index contributed by atoms with van der Waals surface area (Å²) in [5.74, 6) is 0. The fourth-order valence-corrected chi connectivity index (χ4v) is 4.10. The lowest BCUT2D eigenvalue weighted by molar-refractivity contribution is -0.0933. The Kier molecular flexibility index (Phi) is 8.08. The first-order chi connectivity index (χ1) is 15.9. The number of aliphatic hydroxyl groups is 1. The van der Waals surface area contributed by atoms with Gasteiger partial charge in [0.25, 0.3) is 0 Å². The van der Waals surface area contributed by atoms with Crippen LogP contribution in [0.15, 0.2) is 63.8 Å². The maximum absolute atomic E-state index is 13.1. The van der Waals surface area contributed by atoms with Crippen LogP contribution in [0.3, 0.4) is 0 Å². The third-order valence-electron chi connectivity index (χ3n) is 5.41. The van der Waals surface area contributed by atoms with E-state index in [0.717, 1.165) is 12.0 Å². The van der Waals surface area contributed by atoms with Gasteiger partial charge in [0.05, 0.1) is 17.1 Å². The lowest BCUT2D eigenvalue weighted by atomic mass is 9.91. The predicted octanol–water partition coefficient (Wildman–Crippen LogP) is 2.80. The van der Waals surface area contributed by atoms with Crippen LogP contribution < -0.4 is 16.2 Å². The zero-order valence-electron chi connectivity index (χ0n) is 18.2. The van der Waals surface area contributed by atoms with Crippen molar-refractivity contribution in [2.24, 2.45) is 15.9 Å². The molecule has 1 aliphatic rings. The molecule has 184 valence electrons. The molecule has 1 unspecified atom stereocenters. The van der Waals surface area contributed by atoms with E-state index in [1.165, 1.54) is 18.3 Å². The van der Waals surface area contributed by atoms with Crippen molar-refractivity contribution in [2.45, 2.75) is 56.1 Å². The lowest BCUT2D eigenvalue weighted by Gasteiger charge is -2.21. The van der Waals surface area contributed by atoms with Gasteiger partial charge in [-0.1, -0.05) is 12.1 Å². The zero-order chi connectivity index (χ0) is 24.9. The fourth-order valence-electron chi connectivity index (χ4n) is 3.58. The first kappa shape index (κ1) is 25.8. The van der Waals surface area contributed by atoms with Crippen LogP contribution in [0.1, 0.15) is 48.7 Å². The van der Waals surface area contributed by atoms with E-state index in [4.69, 9.17) is 10.9 Å². The molecule has 2 aromatic rings. The summed E-state index contributed by atoms with van der Waals surface area (Å²) in [6.45, 7) is 0.302. The molecule has 0 amide bonds. The van der Waals surface area contributed by atoms with Gasteiger partial charge in [-0.15, -0.1) is 0 Å². The number of nitrogens with two attached hydrogens (primary N) is 2. The van der Waals surface area contributed by atoms with Crippen LogP contribution in [0, 0.1) is 0 Å². The van der Waals surface area contributed by atoms with Gasteiger partial charge in [-0.2, -0.15) is 13.2 Å². The molecule has 1 atom stereocenters. The van der Waals surface area contributed by atoms with E-state index < -0.39 is 28.1 Å². The Bertz CT molecular complexity index is 1180. The normalized spacial score (nSPS) is 18.7. The van der Waals surface area contributed by atoms with Gasteiger partial charge in [-0.25, -0.2) is 13.6 Å². The van der Waals surface area contributed by atoms with E-state index in [1.54, 1.807) is 24.3 Å². The highest BCUT2D eigenvalue weighted by Crippen LogP contribution is 2.31. The number of sulfonamides is 1. The van der Waals surface area contributed by atoms with Crippen molar-refractivity contribution in [2.75, 3.05) is 0 Å². The zero-order valence-corrected chi connectivity index (χ0v) is 19.0. The number of halogens is 3. The molecule has 1 aromatic heterocycles. The quantitative estimate of drug-likeness (QED) is 0.433. The summed E-state index contributed by atoms with van der Waals surface area (Å²) in [4.78, 5) is 8.53. The Morgan fingerprint density at radius 2 is 1.85 bits per heavy atom. The molecular weight excluding hydrogens is 471 g/mol. The highest BCUT2D eigenvalue weighted by atomic mass is 32.2. The minimum atomic E-state index is -4.60. The Morgan fingerprint density at radius 1 is 1.18 bits per heavy atom. The minimum absolute atomic E-state index is 0.00912. The van der Waals surface area contributed by atoms with Crippen molar-refractivity contribution in [1.29, 1.82) is 0 Å². The van der Waals surface area contributed by atoms with Crippen molar-refractivity contribution in [3.8, 4) is 0 Å². The van der Waals surface area contributed by atoms with Gasteiger partial charge >= 0.3 is 6.18 Å².